The largest absolute Gasteiger partial charge is 0.379 e. The molecule has 134 valence electrons. The lowest BCUT2D eigenvalue weighted by Crippen LogP contribution is -2.48. The Bertz CT molecular complexity index is 673. The molecule has 1 saturated heterocycles. The molecule has 0 radical (unpaired) electrons. The number of piperidine rings is 1. The first-order valence-corrected chi connectivity index (χ1v) is 8.94. The maximum absolute atomic E-state index is 12.6. The van der Waals surface area contributed by atoms with Crippen LogP contribution in [0.5, 0.6) is 0 Å². The lowest BCUT2D eigenvalue weighted by atomic mass is 9.87. The van der Waals surface area contributed by atoms with Gasteiger partial charge in [-0.2, -0.15) is 5.26 Å². The molecule has 1 fully saturated rings. The third-order valence-corrected chi connectivity index (χ3v) is 4.72. The summed E-state index contributed by atoms with van der Waals surface area (Å²) >= 11 is 0. The standard InChI is InChI=1S/C21H28N2O2/c1-15(2)10-19(13-22)21(24)23-9-8-18(20(14-23)25-4)12-17-7-5-6-16(3)11-17/h5-7,10-11,15,18,20H,8-9,12,14H2,1-4H3/b19-10+/t18-,20-/m1/s1. The fourth-order valence-electron chi connectivity index (χ4n) is 3.45. The van der Waals surface area contributed by atoms with Crippen molar-refractivity contribution in [2.45, 2.75) is 39.7 Å². The summed E-state index contributed by atoms with van der Waals surface area (Å²) in [7, 11) is 1.71. The third kappa shape index (κ3) is 5.17. The van der Waals surface area contributed by atoms with E-state index in [0.717, 1.165) is 12.8 Å². The minimum Gasteiger partial charge on any atom is -0.379 e. The molecule has 4 heteroatoms. The second-order valence-electron chi connectivity index (χ2n) is 7.20. The van der Waals surface area contributed by atoms with E-state index in [-0.39, 0.29) is 23.5 Å². The molecule has 1 aliphatic heterocycles. The molecular formula is C21H28N2O2. The van der Waals surface area contributed by atoms with Gasteiger partial charge in [-0.3, -0.25) is 4.79 Å². The monoisotopic (exact) mass is 340 g/mol. The Morgan fingerprint density at radius 3 is 2.84 bits per heavy atom. The Labute approximate surface area is 151 Å². The second-order valence-corrected chi connectivity index (χ2v) is 7.20. The molecule has 1 aliphatic rings. The number of hydrogen-bond acceptors (Lipinski definition) is 3. The quantitative estimate of drug-likeness (QED) is 0.609. The van der Waals surface area contributed by atoms with E-state index in [1.807, 2.05) is 19.9 Å². The first kappa shape index (κ1) is 19.2. The number of benzene rings is 1. The second kappa shape index (κ2) is 8.82. The molecule has 1 amide bonds. The van der Waals surface area contributed by atoms with Crippen molar-refractivity contribution in [1.82, 2.24) is 4.90 Å². The van der Waals surface area contributed by atoms with E-state index in [1.165, 1.54) is 11.1 Å². The van der Waals surface area contributed by atoms with Gasteiger partial charge in [0.2, 0.25) is 0 Å². The van der Waals surface area contributed by atoms with Crippen LogP contribution in [0.4, 0.5) is 0 Å². The maximum atomic E-state index is 12.6. The number of ether oxygens (including phenoxy) is 1. The van der Waals surface area contributed by atoms with Gasteiger partial charge in [-0.1, -0.05) is 49.8 Å². The molecule has 0 aromatic heterocycles. The van der Waals surface area contributed by atoms with Gasteiger partial charge in [0.05, 0.1) is 6.10 Å². The molecule has 0 bridgehead atoms. The predicted octanol–water partition coefficient (Wildman–Crippen LogP) is 3.51. The van der Waals surface area contributed by atoms with Crippen LogP contribution in [-0.2, 0) is 16.0 Å². The minimum absolute atomic E-state index is 0.00259. The lowest BCUT2D eigenvalue weighted by Gasteiger charge is -2.38. The normalized spacial score (nSPS) is 21.3. The number of rotatable bonds is 5. The van der Waals surface area contributed by atoms with Gasteiger partial charge in [0.15, 0.2) is 0 Å². The van der Waals surface area contributed by atoms with Gasteiger partial charge in [-0.05, 0) is 37.2 Å². The van der Waals surface area contributed by atoms with E-state index in [2.05, 4.69) is 31.2 Å². The van der Waals surface area contributed by atoms with E-state index in [0.29, 0.717) is 19.0 Å². The summed E-state index contributed by atoms with van der Waals surface area (Å²) in [6.45, 7) is 7.26. The molecule has 1 heterocycles. The Hall–Kier alpha value is -2.12. The molecule has 1 aromatic carbocycles. The van der Waals surface area contributed by atoms with E-state index >= 15 is 0 Å². The van der Waals surface area contributed by atoms with Crippen LogP contribution in [0, 0.1) is 30.1 Å². The van der Waals surface area contributed by atoms with E-state index in [4.69, 9.17) is 4.74 Å². The summed E-state index contributed by atoms with van der Waals surface area (Å²) < 4.78 is 5.68. The van der Waals surface area contributed by atoms with Gasteiger partial charge < -0.3 is 9.64 Å². The number of nitriles is 1. The summed E-state index contributed by atoms with van der Waals surface area (Å²) in [5.41, 5.74) is 2.81. The first-order chi connectivity index (χ1) is 11.9. The minimum atomic E-state index is -0.174. The molecule has 0 unspecified atom stereocenters. The summed E-state index contributed by atoms with van der Waals surface area (Å²) in [6.07, 6.45) is 3.58. The zero-order valence-electron chi connectivity index (χ0n) is 15.7. The van der Waals surface area contributed by atoms with Gasteiger partial charge in [0.25, 0.3) is 5.91 Å². The zero-order valence-corrected chi connectivity index (χ0v) is 15.7. The highest BCUT2D eigenvalue weighted by molar-refractivity contribution is 5.97. The lowest BCUT2D eigenvalue weighted by molar-refractivity contribution is -0.132. The van der Waals surface area contributed by atoms with Gasteiger partial charge in [-0.25, -0.2) is 0 Å². The van der Waals surface area contributed by atoms with Crippen molar-refractivity contribution in [2.75, 3.05) is 20.2 Å². The van der Waals surface area contributed by atoms with E-state index < -0.39 is 0 Å². The predicted molar refractivity (Wildman–Crippen MR) is 98.9 cm³/mol. The van der Waals surface area contributed by atoms with Crippen molar-refractivity contribution >= 4 is 5.91 Å². The fourth-order valence-corrected chi connectivity index (χ4v) is 3.45. The number of methoxy groups -OCH3 is 1. The highest BCUT2D eigenvalue weighted by atomic mass is 16.5. The Morgan fingerprint density at radius 1 is 1.48 bits per heavy atom. The number of nitrogens with zero attached hydrogens (tertiary/aromatic N) is 2. The highest BCUT2D eigenvalue weighted by Crippen LogP contribution is 2.25. The van der Waals surface area contributed by atoms with Crippen molar-refractivity contribution in [3.8, 4) is 6.07 Å². The topological polar surface area (TPSA) is 53.3 Å². The average Bonchev–Trinajstić information content (AvgIpc) is 2.59. The van der Waals surface area contributed by atoms with Gasteiger partial charge >= 0.3 is 0 Å². The average molecular weight is 340 g/mol. The van der Waals surface area contributed by atoms with Crippen LogP contribution in [0.1, 0.15) is 31.4 Å². The zero-order chi connectivity index (χ0) is 18.4. The molecule has 0 aliphatic carbocycles. The number of allylic oxidation sites excluding steroid dienone is 1. The van der Waals surface area contributed by atoms with Crippen molar-refractivity contribution in [1.29, 1.82) is 5.26 Å². The Kier molecular flexibility index (Phi) is 6.78. The van der Waals surface area contributed by atoms with Gasteiger partial charge in [0.1, 0.15) is 11.6 Å². The Morgan fingerprint density at radius 2 is 2.24 bits per heavy atom. The van der Waals surface area contributed by atoms with Crippen molar-refractivity contribution in [2.24, 2.45) is 11.8 Å². The van der Waals surface area contributed by atoms with Crippen molar-refractivity contribution in [3.63, 3.8) is 0 Å². The number of carbonyl (C=O) groups excluding carboxylic acids is 1. The SMILES string of the molecule is CO[C@@H]1CN(C(=O)/C(C#N)=C/C(C)C)CC[C@@H]1Cc1cccc(C)c1. The molecule has 25 heavy (non-hydrogen) atoms. The summed E-state index contributed by atoms with van der Waals surface area (Å²) in [5.74, 6) is 0.387. The molecule has 2 rings (SSSR count). The van der Waals surface area contributed by atoms with Crippen LogP contribution in [0.2, 0.25) is 0 Å². The molecule has 4 nitrogen and oxygen atoms in total. The highest BCUT2D eigenvalue weighted by Gasteiger charge is 2.32. The van der Waals surface area contributed by atoms with E-state index in [9.17, 15) is 10.1 Å². The molecule has 0 saturated carbocycles. The summed E-state index contributed by atoms with van der Waals surface area (Å²) in [5, 5.41) is 9.27. The Balaban J connectivity index is 2.06. The summed E-state index contributed by atoms with van der Waals surface area (Å²) in [4.78, 5) is 14.4. The van der Waals surface area contributed by atoms with Crippen LogP contribution in [0.15, 0.2) is 35.9 Å². The van der Waals surface area contributed by atoms with Gasteiger partial charge in [0, 0.05) is 20.2 Å². The fraction of sp³-hybridized carbons (Fsp3) is 0.524. The van der Waals surface area contributed by atoms with Crippen molar-refractivity contribution in [3.05, 3.63) is 47.0 Å². The van der Waals surface area contributed by atoms with Gasteiger partial charge in [-0.15, -0.1) is 0 Å². The number of amides is 1. The number of aryl methyl sites for hydroxylation is 1. The molecule has 0 spiro atoms. The van der Waals surface area contributed by atoms with Crippen molar-refractivity contribution < 1.29 is 9.53 Å². The molecule has 0 N–H and O–H groups in total. The smallest absolute Gasteiger partial charge is 0.264 e. The molecular weight excluding hydrogens is 312 g/mol. The first-order valence-electron chi connectivity index (χ1n) is 8.94. The molecule has 1 aromatic rings. The van der Waals surface area contributed by atoms with E-state index in [1.54, 1.807) is 18.1 Å². The number of hydrogen-bond donors (Lipinski definition) is 0. The molecule has 2 atom stereocenters. The van der Waals surface area contributed by atoms with Crippen LogP contribution in [-0.4, -0.2) is 37.1 Å². The number of likely N-dealkylation sites (tertiary alicyclic amines) is 1. The number of carbonyl (C=O) groups is 1. The summed E-state index contributed by atoms with van der Waals surface area (Å²) in [6, 6.07) is 10.6. The van der Waals surface area contributed by atoms with Crippen LogP contribution < -0.4 is 0 Å². The van der Waals surface area contributed by atoms with Crippen LogP contribution >= 0.6 is 0 Å². The van der Waals surface area contributed by atoms with Crippen LogP contribution in [0.25, 0.3) is 0 Å². The maximum Gasteiger partial charge on any atom is 0.264 e. The third-order valence-electron chi connectivity index (χ3n) is 4.72. The van der Waals surface area contributed by atoms with Crippen LogP contribution in [0.3, 0.4) is 0 Å².